The number of benzene rings is 1. The average molecular weight is 248 g/mol. The predicted octanol–water partition coefficient (Wildman–Crippen LogP) is 2.17. The SMILES string of the molecule is [2H]c1c([2H])c([2H])c2c([2H])n[nH]c2c1I. The third-order valence-electron chi connectivity index (χ3n) is 1.16. The van der Waals surface area contributed by atoms with E-state index in [0.717, 1.165) is 0 Å². The molecule has 0 aliphatic carbocycles. The highest BCUT2D eigenvalue weighted by atomic mass is 127. The van der Waals surface area contributed by atoms with Crippen LogP contribution in [0.25, 0.3) is 10.9 Å². The van der Waals surface area contributed by atoms with Crippen molar-refractivity contribution in [1.82, 2.24) is 10.2 Å². The fraction of sp³-hybridized carbons (Fsp3) is 0. The van der Waals surface area contributed by atoms with Crippen molar-refractivity contribution in [2.75, 3.05) is 0 Å². The Hall–Kier alpha value is -0.580. The monoisotopic (exact) mass is 248 g/mol. The maximum Gasteiger partial charge on any atom is 0.0866 e. The number of para-hydroxylation sites is 1. The molecule has 0 saturated heterocycles. The van der Waals surface area contributed by atoms with Gasteiger partial charge in [0.2, 0.25) is 0 Å². The molecule has 0 unspecified atom stereocenters. The molecule has 0 atom stereocenters. The van der Waals surface area contributed by atoms with Crippen LogP contribution in [0.1, 0.15) is 5.48 Å². The number of H-pyrrole nitrogens is 1. The maximum atomic E-state index is 7.59. The Morgan fingerprint density at radius 3 is 3.40 bits per heavy atom. The van der Waals surface area contributed by atoms with Gasteiger partial charge in [0.15, 0.2) is 0 Å². The van der Waals surface area contributed by atoms with Crippen LogP contribution in [0, 0.1) is 3.57 Å². The molecule has 0 radical (unpaired) electrons. The zero-order valence-electron chi connectivity index (χ0n) is 8.83. The van der Waals surface area contributed by atoms with Crippen molar-refractivity contribution in [2.45, 2.75) is 0 Å². The molecule has 0 bridgehead atoms. The summed E-state index contributed by atoms with van der Waals surface area (Å²) in [4.78, 5) is 0. The maximum absolute atomic E-state index is 7.59. The summed E-state index contributed by atoms with van der Waals surface area (Å²) >= 11 is 1.91. The van der Waals surface area contributed by atoms with Crippen LogP contribution in [0.2, 0.25) is 0 Å². The smallest absolute Gasteiger partial charge is 0.0866 e. The van der Waals surface area contributed by atoms with Gasteiger partial charge in [-0.1, -0.05) is 12.1 Å². The number of nitrogens with zero attached hydrogens (tertiary/aromatic N) is 1. The molecule has 3 heteroatoms. The second-order valence-corrected chi connectivity index (χ2v) is 2.85. The molecule has 0 aliphatic rings. The second-order valence-electron chi connectivity index (χ2n) is 1.77. The lowest BCUT2D eigenvalue weighted by Gasteiger charge is -1.89. The minimum absolute atomic E-state index is 0.00625. The first-order chi connectivity index (χ1) is 6.54. The first kappa shape index (κ1) is 3.21. The van der Waals surface area contributed by atoms with E-state index in [9.17, 15) is 0 Å². The Bertz CT molecular complexity index is 522. The van der Waals surface area contributed by atoms with Crippen LogP contribution in [0.5, 0.6) is 0 Å². The number of nitrogens with one attached hydrogen (secondary N) is 1. The Morgan fingerprint density at radius 1 is 1.60 bits per heavy atom. The van der Waals surface area contributed by atoms with E-state index in [1.165, 1.54) is 0 Å². The van der Waals surface area contributed by atoms with E-state index < -0.39 is 0 Å². The molecule has 0 saturated carbocycles. The Labute approximate surface area is 77.4 Å². The molecule has 0 amide bonds. The van der Waals surface area contributed by atoms with E-state index in [1.807, 2.05) is 22.6 Å². The molecule has 2 rings (SSSR count). The Morgan fingerprint density at radius 2 is 2.50 bits per heavy atom. The highest BCUT2D eigenvalue weighted by Gasteiger charge is 1.96. The number of hydrogen-bond acceptors (Lipinski definition) is 1. The number of fused-ring (bicyclic) bond motifs is 1. The molecule has 2 aromatic rings. The van der Waals surface area contributed by atoms with Crippen molar-refractivity contribution in [2.24, 2.45) is 0 Å². The average Bonchev–Trinajstić information content (AvgIpc) is 2.54. The van der Waals surface area contributed by atoms with Crippen LogP contribution in [-0.2, 0) is 0 Å². The molecule has 10 heavy (non-hydrogen) atoms. The summed E-state index contributed by atoms with van der Waals surface area (Å²) in [6, 6.07) is -0.257. The van der Waals surface area contributed by atoms with Gasteiger partial charge in [0, 0.05) is 8.96 Å². The number of rotatable bonds is 0. The summed E-state index contributed by atoms with van der Waals surface area (Å²) < 4.78 is 30.6. The molecule has 50 valence electrons. The summed E-state index contributed by atoms with van der Waals surface area (Å²) in [6.07, 6.45) is -0.0450. The third-order valence-corrected chi connectivity index (χ3v) is 1.97. The predicted molar refractivity (Wildman–Crippen MR) is 48.8 cm³/mol. The zero-order valence-corrected chi connectivity index (χ0v) is 6.98. The van der Waals surface area contributed by atoms with Crippen molar-refractivity contribution in [3.8, 4) is 0 Å². The fourth-order valence-electron chi connectivity index (χ4n) is 0.712. The summed E-state index contributed by atoms with van der Waals surface area (Å²) in [5.74, 6) is 0. The molecular formula is C7H5IN2. The molecule has 0 spiro atoms. The van der Waals surface area contributed by atoms with Gasteiger partial charge >= 0.3 is 0 Å². The number of aromatic amines is 1. The number of halogens is 1. The van der Waals surface area contributed by atoms with Gasteiger partial charge in [0.1, 0.15) is 0 Å². The third kappa shape index (κ3) is 0.811. The molecule has 1 aromatic heterocycles. The molecular weight excluding hydrogens is 239 g/mol. The minimum Gasteiger partial charge on any atom is -0.277 e. The van der Waals surface area contributed by atoms with E-state index >= 15 is 0 Å². The number of hydrogen-bond donors (Lipinski definition) is 1. The van der Waals surface area contributed by atoms with Crippen LogP contribution in [0.15, 0.2) is 24.3 Å². The normalized spacial score (nSPS) is 16.1. The quantitative estimate of drug-likeness (QED) is 0.711. The van der Waals surface area contributed by atoms with Crippen molar-refractivity contribution in [1.29, 1.82) is 0 Å². The molecule has 0 fully saturated rings. The van der Waals surface area contributed by atoms with Crippen molar-refractivity contribution >= 4 is 33.5 Å². The highest BCUT2D eigenvalue weighted by Crippen LogP contribution is 2.16. The lowest BCUT2D eigenvalue weighted by Crippen LogP contribution is -1.72. The lowest BCUT2D eigenvalue weighted by atomic mass is 10.3. The van der Waals surface area contributed by atoms with Crippen molar-refractivity contribution in [3.05, 3.63) is 27.9 Å². The number of aromatic nitrogens is 2. The summed E-state index contributed by atoms with van der Waals surface area (Å²) in [7, 11) is 0. The zero-order chi connectivity index (χ0) is 10.5. The van der Waals surface area contributed by atoms with Crippen molar-refractivity contribution < 1.29 is 5.48 Å². The van der Waals surface area contributed by atoms with Gasteiger partial charge in [-0.25, -0.2) is 0 Å². The van der Waals surface area contributed by atoms with Gasteiger partial charge in [0.25, 0.3) is 0 Å². The largest absolute Gasteiger partial charge is 0.277 e. The molecule has 1 N–H and O–H groups in total. The molecule has 1 aromatic carbocycles. The van der Waals surface area contributed by atoms with Gasteiger partial charge < -0.3 is 0 Å². The van der Waals surface area contributed by atoms with Crippen LogP contribution in [0.3, 0.4) is 0 Å². The van der Waals surface area contributed by atoms with E-state index in [0.29, 0.717) is 14.5 Å². The standard InChI is InChI=1S/C7H5IN2/c8-6-3-1-2-5-4-9-10-7(5)6/h1-4H,(H,9,10)/i1D,2D,3D,4D. The van der Waals surface area contributed by atoms with Gasteiger partial charge in [-0.05, 0) is 28.6 Å². The second kappa shape index (κ2) is 2.23. The van der Waals surface area contributed by atoms with Crippen molar-refractivity contribution in [3.63, 3.8) is 0 Å². The summed E-state index contributed by atoms with van der Waals surface area (Å²) in [5, 5.41) is 6.56. The fourth-order valence-corrected chi connectivity index (χ4v) is 1.24. The molecule has 0 aliphatic heterocycles. The highest BCUT2D eigenvalue weighted by molar-refractivity contribution is 14.1. The van der Waals surface area contributed by atoms with Crippen LogP contribution < -0.4 is 0 Å². The van der Waals surface area contributed by atoms with Crippen LogP contribution in [-0.4, -0.2) is 10.2 Å². The first-order valence-electron chi connectivity index (χ1n) is 4.64. The van der Waals surface area contributed by atoms with Gasteiger partial charge in [-0.3, -0.25) is 5.10 Å². The Balaban J connectivity index is 3.05. The first-order valence-corrected chi connectivity index (χ1v) is 3.71. The van der Waals surface area contributed by atoms with E-state index in [4.69, 9.17) is 5.48 Å². The van der Waals surface area contributed by atoms with Gasteiger partial charge in [-0.2, -0.15) is 5.10 Å². The van der Waals surface area contributed by atoms with Crippen LogP contribution >= 0.6 is 22.6 Å². The van der Waals surface area contributed by atoms with E-state index in [-0.39, 0.29) is 24.3 Å². The van der Waals surface area contributed by atoms with Gasteiger partial charge in [-0.15, -0.1) is 0 Å². The summed E-state index contributed by atoms with van der Waals surface area (Å²) in [5.41, 5.74) is 0.501. The molecule has 2 nitrogen and oxygen atoms in total. The van der Waals surface area contributed by atoms with E-state index in [2.05, 4.69) is 10.2 Å². The molecule has 1 heterocycles. The lowest BCUT2D eigenvalue weighted by molar-refractivity contribution is 1.12. The van der Waals surface area contributed by atoms with Gasteiger partial charge in [0.05, 0.1) is 17.2 Å². The van der Waals surface area contributed by atoms with E-state index in [1.54, 1.807) is 0 Å². The summed E-state index contributed by atoms with van der Waals surface area (Å²) in [6.45, 7) is 0. The minimum atomic E-state index is -0.156. The van der Waals surface area contributed by atoms with Crippen LogP contribution in [0.4, 0.5) is 0 Å². The Kier molecular flexibility index (Phi) is 0.716. The topological polar surface area (TPSA) is 28.7 Å².